The Morgan fingerprint density at radius 1 is 1.33 bits per heavy atom. The highest BCUT2D eigenvalue weighted by molar-refractivity contribution is 5.81. The highest BCUT2D eigenvalue weighted by Crippen LogP contribution is 2.20. The minimum absolute atomic E-state index is 0.110. The summed E-state index contributed by atoms with van der Waals surface area (Å²) in [5, 5.41) is 0. The molecule has 3 nitrogen and oxygen atoms in total. The van der Waals surface area contributed by atoms with Crippen LogP contribution in [-0.2, 0) is 11.2 Å². The Hall–Kier alpha value is -1.51. The van der Waals surface area contributed by atoms with Gasteiger partial charge in [0, 0.05) is 13.1 Å². The number of nitrogens with zero attached hydrogens (tertiary/aromatic N) is 1. The monoisotopic (exact) mass is 247 g/mol. The average Bonchev–Trinajstić information content (AvgIpc) is 2.92. The van der Waals surface area contributed by atoms with Crippen molar-refractivity contribution in [3.05, 3.63) is 29.8 Å². The lowest BCUT2D eigenvalue weighted by atomic mass is 10.1. The molecule has 0 radical (unpaired) electrons. The van der Waals surface area contributed by atoms with Crippen LogP contribution in [0.1, 0.15) is 32.3 Å². The molecule has 1 saturated heterocycles. The van der Waals surface area contributed by atoms with Gasteiger partial charge in [0.2, 0.25) is 0 Å². The van der Waals surface area contributed by atoms with Crippen molar-refractivity contribution in [3.63, 3.8) is 0 Å². The fraction of sp³-hybridized carbons (Fsp3) is 0.533. The Labute approximate surface area is 109 Å². The van der Waals surface area contributed by atoms with Gasteiger partial charge in [-0.15, -0.1) is 0 Å². The number of aryl methyl sites for hydroxylation is 1. The number of amides is 1. The van der Waals surface area contributed by atoms with Crippen LogP contribution in [0.2, 0.25) is 0 Å². The highest BCUT2D eigenvalue weighted by Gasteiger charge is 2.24. The van der Waals surface area contributed by atoms with Crippen LogP contribution in [0.25, 0.3) is 0 Å². The van der Waals surface area contributed by atoms with Gasteiger partial charge in [0.1, 0.15) is 5.75 Å². The molecule has 98 valence electrons. The Morgan fingerprint density at radius 3 is 2.67 bits per heavy atom. The van der Waals surface area contributed by atoms with E-state index >= 15 is 0 Å². The van der Waals surface area contributed by atoms with Crippen LogP contribution in [0, 0.1) is 0 Å². The van der Waals surface area contributed by atoms with E-state index in [1.165, 1.54) is 0 Å². The van der Waals surface area contributed by atoms with E-state index in [9.17, 15) is 4.79 Å². The number of carbonyl (C=O) groups excluding carboxylic acids is 1. The van der Waals surface area contributed by atoms with Gasteiger partial charge in [-0.3, -0.25) is 4.79 Å². The maximum Gasteiger partial charge on any atom is 0.263 e. The molecule has 2 rings (SSSR count). The second kappa shape index (κ2) is 5.89. The third-order valence-electron chi connectivity index (χ3n) is 3.42. The van der Waals surface area contributed by atoms with Gasteiger partial charge in [0.25, 0.3) is 5.91 Å². The Bertz CT molecular complexity index is 411. The van der Waals surface area contributed by atoms with Crippen LogP contribution in [0.5, 0.6) is 5.75 Å². The smallest absolute Gasteiger partial charge is 0.263 e. The fourth-order valence-corrected chi connectivity index (χ4v) is 2.35. The Kier molecular flexibility index (Phi) is 4.24. The topological polar surface area (TPSA) is 29.5 Å². The van der Waals surface area contributed by atoms with Crippen LogP contribution in [0.4, 0.5) is 0 Å². The molecule has 0 spiro atoms. The largest absolute Gasteiger partial charge is 0.481 e. The quantitative estimate of drug-likeness (QED) is 0.818. The molecule has 1 atom stereocenters. The van der Waals surface area contributed by atoms with Crippen molar-refractivity contribution in [2.45, 2.75) is 39.2 Å². The summed E-state index contributed by atoms with van der Waals surface area (Å²) in [7, 11) is 0. The summed E-state index contributed by atoms with van der Waals surface area (Å²) in [6.45, 7) is 5.69. The molecule has 0 aromatic heterocycles. The molecule has 0 bridgehead atoms. The van der Waals surface area contributed by atoms with E-state index in [1.54, 1.807) is 0 Å². The number of rotatable bonds is 4. The highest BCUT2D eigenvalue weighted by atomic mass is 16.5. The van der Waals surface area contributed by atoms with Crippen LogP contribution in [-0.4, -0.2) is 30.0 Å². The lowest BCUT2D eigenvalue weighted by Crippen LogP contribution is -2.38. The zero-order valence-electron chi connectivity index (χ0n) is 11.2. The molecule has 3 heteroatoms. The maximum absolute atomic E-state index is 12.2. The van der Waals surface area contributed by atoms with Gasteiger partial charge in [-0.1, -0.05) is 25.1 Å². The third-order valence-corrected chi connectivity index (χ3v) is 3.42. The Balaban J connectivity index is 2.01. The molecule has 18 heavy (non-hydrogen) atoms. The second-order valence-electron chi connectivity index (χ2n) is 4.75. The zero-order valence-corrected chi connectivity index (χ0v) is 11.2. The fourth-order valence-electron chi connectivity index (χ4n) is 2.35. The summed E-state index contributed by atoms with van der Waals surface area (Å²) < 4.78 is 5.82. The van der Waals surface area contributed by atoms with Gasteiger partial charge in [-0.25, -0.2) is 0 Å². The minimum atomic E-state index is -0.393. The number of hydrogen-bond donors (Lipinski definition) is 0. The van der Waals surface area contributed by atoms with Crippen LogP contribution >= 0.6 is 0 Å². The molecule has 1 fully saturated rings. The van der Waals surface area contributed by atoms with E-state index in [0.29, 0.717) is 0 Å². The SMILES string of the molecule is CCc1ccccc1O[C@@H](C)C(=O)N1CCCC1. The maximum atomic E-state index is 12.2. The summed E-state index contributed by atoms with van der Waals surface area (Å²) in [5.74, 6) is 0.943. The first kappa shape index (κ1) is 12.9. The Morgan fingerprint density at radius 2 is 2.00 bits per heavy atom. The third kappa shape index (κ3) is 2.84. The molecule has 0 saturated carbocycles. The standard InChI is InChI=1S/C15H21NO2/c1-3-13-8-4-5-9-14(13)18-12(2)15(17)16-10-6-7-11-16/h4-5,8-9,12H,3,6-7,10-11H2,1-2H3/t12-/m0/s1. The van der Waals surface area contributed by atoms with Crippen molar-refractivity contribution in [2.24, 2.45) is 0 Å². The van der Waals surface area contributed by atoms with E-state index < -0.39 is 6.10 Å². The van der Waals surface area contributed by atoms with Gasteiger partial charge in [0.05, 0.1) is 0 Å². The summed E-state index contributed by atoms with van der Waals surface area (Å²) in [4.78, 5) is 14.1. The van der Waals surface area contributed by atoms with E-state index in [1.807, 2.05) is 36.1 Å². The van der Waals surface area contributed by atoms with Gasteiger partial charge in [0.15, 0.2) is 6.10 Å². The molecule has 0 N–H and O–H groups in total. The normalized spacial score (nSPS) is 16.7. The van der Waals surface area contributed by atoms with Crippen molar-refractivity contribution in [1.82, 2.24) is 4.90 Å². The van der Waals surface area contributed by atoms with Gasteiger partial charge in [-0.2, -0.15) is 0 Å². The van der Waals surface area contributed by atoms with Crippen molar-refractivity contribution in [2.75, 3.05) is 13.1 Å². The first-order chi connectivity index (χ1) is 8.72. The number of likely N-dealkylation sites (tertiary alicyclic amines) is 1. The van der Waals surface area contributed by atoms with E-state index in [0.717, 1.165) is 43.7 Å². The first-order valence-electron chi connectivity index (χ1n) is 6.75. The van der Waals surface area contributed by atoms with E-state index in [-0.39, 0.29) is 5.91 Å². The van der Waals surface area contributed by atoms with Crippen LogP contribution in [0.15, 0.2) is 24.3 Å². The minimum Gasteiger partial charge on any atom is -0.481 e. The molecule has 1 aliphatic rings. The predicted octanol–water partition coefficient (Wildman–Crippen LogP) is 2.64. The van der Waals surface area contributed by atoms with Crippen molar-refractivity contribution >= 4 is 5.91 Å². The predicted molar refractivity (Wildman–Crippen MR) is 71.7 cm³/mol. The molecule has 0 unspecified atom stereocenters. The zero-order chi connectivity index (χ0) is 13.0. The molecule has 1 aromatic rings. The number of hydrogen-bond acceptors (Lipinski definition) is 2. The molecule has 1 aliphatic heterocycles. The number of ether oxygens (including phenoxy) is 1. The van der Waals surface area contributed by atoms with E-state index in [2.05, 4.69) is 6.92 Å². The summed E-state index contributed by atoms with van der Waals surface area (Å²) in [6, 6.07) is 7.93. The van der Waals surface area contributed by atoms with Gasteiger partial charge >= 0.3 is 0 Å². The van der Waals surface area contributed by atoms with Gasteiger partial charge < -0.3 is 9.64 Å². The van der Waals surface area contributed by atoms with Crippen LogP contribution < -0.4 is 4.74 Å². The average molecular weight is 247 g/mol. The molecule has 1 heterocycles. The molecule has 1 aromatic carbocycles. The number of carbonyl (C=O) groups is 1. The number of benzene rings is 1. The molecular formula is C15H21NO2. The van der Waals surface area contributed by atoms with Crippen molar-refractivity contribution in [3.8, 4) is 5.75 Å². The second-order valence-corrected chi connectivity index (χ2v) is 4.75. The molecule has 0 aliphatic carbocycles. The van der Waals surface area contributed by atoms with Crippen LogP contribution in [0.3, 0.4) is 0 Å². The molecule has 1 amide bonds. The van der Waals surface area contributed by atoms with Crippen molar-refractivity contribution < 1.29 is 9.53 Å². The summed E-state index contributed by atoms with van der Waals surface area (Å²) in [5.41, 5.74) is 1.15. The summed E-state index contributed by atoms with van der Waals surface area (Å²) >= 11 is 0. The lowest BCUT2D eigenvalue weighted by Gasteiger charge is -2.22. The lowest BCUT2D eigenvalue weighted by molar-refractivity contribution is -0.136. The summed E-state index contributed by atoms with van der Waals surface area (Å²) in [6.07, 6.45) is 2.75. The van der Waals surface area contributed by atoms with E-state index in [4.69, 9.17) is 4.74 Å². The first-order valence-corrected chi connectivity index (χ1v) is 6.75. The van der Waals surface area contributed by atoms with Crippen molar-refractivity contribution in [1.29, 1.82) is 0 Å². The van der Waals surface area contributed by atoms with Gasteiger partial charge in [-0.05, 0) is 37.8 Å². The molecular weight excluding hydrogens is 226 g/mol. The number of para-hydroxylation sites is 1.